The van der Waals surface area contributed by atoms with Gasteiger partial charge in [0.05, 0.1) is 17.7 Å². The lowest BCUT2D eigenvalue weighted by Crippen LogP contribution is -2.44. The first-order valence-corrected chi connectivity index (χ1v) is 12.1. The summed E-state index contributed by atoms with van der Waals surface area (Å²) in [7, 11) is -3.55. The number of piperidine rings is 1. The molecule has 0 aliphatic carbocycles. The predicted molar refractivity (Wildman–Crippen MR) is 120 cm³/mol. The summed E-state index contributed by atoms with van der Waals surface area (Å²) in [6.45, 7) is 3.37. The maximum atomic E-state index is 13.4. The van der Waals surface area contributed by atoms with Crippen LogP contribution in [-0.4, -0.2) is 41.6 Å². The van der Waals surface area contributed by atoms with Crippen molar-refractivity contribution < 1.29 is 17.6 Å². The molecule has 1 amide bonds. The summed E-state index contributed by atoms with van der Waals surface area (Å²) < 4.78 is 32.9. The molecule has 2 aromatic heterocycles. The first-order chi connectivity index (χ1) is 15.4. The minimum atomic E-state index is -3.55. The minimum Gasteiger partial charge on any atom is -0.467 e. The maximum absolute atomic E-state index is 13.4. The van der Waals surface area contributed by atoms with Crippen LogP contribution in [0.5, 0.6) is 0 Å². The van der Waals surface area contributed by atoms with E-state index in [0.29, 0.717) is 49.7 Å². The average Bonchev–Trinajstić information content (AvgIpc) is 3.32. The van der Waals surface area contributed by atoms with Gasteiger partial charge in [0.1, 0.15) is 5.76 Å². The van der Waals surface area contributed by atoms with Gasteiger partial charge in [0, 0.05) is 37.9 Å². The fourth-order valence-electron chi connectivity index (χ4n) is 3.98. The van der Waals surface area contributed by atoms with E-state index < -0.39 is 10.0 Å². The van der Waals surface area contributed by atoms with E-state index in [-0.39, 0.29) is 11.8 Å². The van der Waals surface area contributed by atoms with Crippen molar-refractivity contribution in [2.75, 3.05) is 13.1 Å². The normalized spacial score (nSPS) is 15.5. The number of amides is 1. The Labute approximate surface area is 188 Å². The molecule has 7 nitrogen and oxygen atoms in total. The second-order valence-electron chi connectivity index (χ2n) is 8.13. The van der Waals surface area contributed by atoms with E-state index in [2.05, 4.69) is 4.98 Å². The van der Waals surface area contributed by atoms with E-state index in [1.54, 1.807) is 53.9 Å². The van der Waals surface area contributed by atoms with Crippen LogP contribution in [0.2, 0.25) is 0 Å². The van der Waals surface area contributed by atoms with Gasteiger partial charge in [-0.2, -0.15) is 4.31 Å². The smallest absolute Gasteiger partial charge is 0.243 e. The number of hydrogen-bond donors (Lipinski definition) is 0. The number of aryl methyl sites for hydroxylation is 1. The van der Waals surface area contributed by atoms with E-state index in [0.717, 1.165) is 11.1 Å². The quantitative estimate of drug-likeness (QED) is 0.546. The molecule has 0 unspecified atom stereocenters. The predicted octanol–water partition coefficient (Wildman–Crippen LogP) is 3.61. The number of furan rings is 1. The van der Waals surface area contributed by atoms with Crippen LogP contribution < -0.4 is 0 Å². The van der Waals surface area contributed by atoms with E-state index in [9.17, 15) is 13.2 Å². The van der Waals surface area contributed by atoms with E-state index in [1.807, 2.05) is 25.1 Å². The summed E-state index contributed by atoms with van der Waals surface area (Å²) in [6, 6.07) is 14.3. The number of sulfonamides is 1. The summed E-state index contributed by atoms with van der Waals surface area (Å²) in [4.78, 5) is 19.6. The van der Waals surface area contributed by atoms with Gasteiger partial charge in [0.15, 0.2) is 0 Å². The van der Waals surface area contributed by atoms with Gasteiger partial charge in [0.25, 0.3) is 0 Å². The Morgan fingerprint density at radius 1 is 1.09 bits per heavy atom. The third-order valence-electron chi connectivity index (χ3n) is 5.80. The second kappa shape index (κ2) is 9.67. The zero-order chi connectivity index (χ0) is 22.6. The van der Waals surface area contributed by atoms with E-state index in [4.69, 9.17) is 4.42 Å². The largest absolute Gasteiger partial charge is 0.467 e. The highest BCUT2D eigenvalue weighted by atomic mass is 32.2. The molecule has 0 radical (unpaired) electrons. The van der Waals surface area contributed by atoms with Gasteiger partial charge in [-0.05, 0) is 55.7 Å². The maximum Gasteiger partial charge on any atom is 0.243 e. The molecule has 0 saturated carbocycles. The third-order valence-corrected chi connectivity index (χ3v) is 7.71. The lowest BCUT2D eigenvalue weighted by molar-refractivity contribution is -0.138. The van der Waals surface area contributed by atoms with Crippen LogP contribution in [0.3, 0.4) is 0 Å². The Kier molecular flexibility index (Phi) is 6.72. The van der Waals surface area contributed by atoms with Crippen molar-refractivity contribution in [3.63, 3.8) is 0 Å². The Balaban J connectivity index is 1.44. The standard InChI is InChI=1S/C24H27N3O4S/c1-19-6-8-23(9-7-19)32(29,30)27-13-10-21(11-14-27)24(28)26(18-22-5-3-15-31-22)17-20-4-2-12-25-16-20/h2-9,12,15-16,21H,10-11,13-14,17-18H2,1H3. The van der Waals surface area contributed by atoms with Gasteiger partial charge in [-0.15, -0.1) is 0 Å². The number of pyridine rings is 1. The van der Waals surface area contributed by atoms with Crippen molar-refractivity contribution in [3.8, 4) is 0 Å². The molecule has 32 heavy (non-hydrogen) atoms. The fraction of sp³-hybridized carbons (Fsp3) is 0.333. The molecule has 0 spiro atoms. The van der Waals surface area contributed by atoms with Crippen LogP contribution in [0.15, 0.2) is 76.5 Å². The number of rotatable bonds is 7. The molecule has 0 atom stereocenters. The third kappa shape index (κ3) is 5.08. The summed E-state index contributed by atoms with van der Waals surface area (Å²) in [5.41, 5.74) is 1.95. The molecule has 1 fully saturated rings. The van der Waals surface area contributed by atoms with Crippen molar-refractivity contribution in [1.29, 1.82) is 0 Å². The highest BCUT2D eigenvalue weighted by molar-refractivity contribution is 7.89. The average molecular weight is 454 g/mol. The Bertz CT molecular complexity index is 1120. The zero-order valence-corrected chi connectivity index (χ0v) is 18.9. The van der Waals surface area contributed by atoms with Crippen LogP contribution in [0.1, 0.15) is 29.7 Å². The molecule has 1 aromatic carbocycles. The Hall–Kier alpha value is -2.97. The topological polar surface area (TPSA) is 83.7 Å². The molecule has 1 aliphatic rings. The van der Waals surface area contributed by atoms with Gasteiger partial charge in [0.2, 0.25) is 15.9 Å². The van der Waals surface area contributed by atoms with Crippen LogP contribution in [0.25, 0.3) is 0 Å². The molecule has 3 aromatic rings. The summed E-state index contributed by atoms with van der Waals surface area (Å²) in [5.74, 6) is 0.491. The molecular formula is C24H27N3O4S. The lowest BCUT2D eigenvalue weighted by Gasteiger charge is -2.33. The van der Waals surface area contributed by atoms with Crippen molar-refractivity contribution >= 4 is 15.9 Å². The van der Waals surface area contributed by atoms with Crippen molar-refractivity contribution in [2.24, 2.45) is 5.92 Å². The Morgan fingerprint density at radius 2 is 1.84 bits per heavy atom. The molecule has 0 bridgehead atoms. The van der Waals surface area contributed by atoms with Crippen LogP contribution in [0, 0.1) is 12.8 Å². The van der Waals surface area contributed by atoms with Crippen molar-refractivity contribution in [1.82, 2.24) is 14.2 Å². The highest BCUT2D eigenvalue weighted by Gasteiger charge is 2.34. The number of benzene rings is 1. The molecule has 4 rings (SSSR count). The number of carbonyl (C=O) groups excluding carboxylic acids is 1. The van der Waals surface area contributed by atoms with Crippen LogP contribution in [-0.2, 0) is 27.9 Å². The van der Waals surface area contributed by atoms with Gasteiger partial charge < -0.3 is 9.32 Å². The molecule has 3 heterocycles. The second-order valence-corrected chi connectivity index (χ2v) is 10.1. The van der Waals surface area contributed by atoms with Gasteiger partial charge in [-0.25, -0.2) is 8.42 Å². The summed E-state index contributed by atoms with van der Waals surface area (Å²) in [6.07, 6.45) is 6.03. The first kappa shape index (κ1) is 22.2. The van der Waals surface area contributed by atoms with Crippen LogP contribution in [0.4, 0.5) is 0 Å². The van der Waals surface area contributed by atoms with Crippen LogP contribution >= 0.6 is 0 Å². The van der Waals surface area contributed by atoms with Gasteiger partial charge in [-0.3, -0.25) is 9.78 Å². The minimum absolute atomic E-state index is 0.0117. The van der Waals surface area contributed by atoms with Crippen molar-refractivity contribution in [2.45, 2.75) is 37.8 Å². The number of aromatic nitrogens is 1. The molecular weight excluding hydrogens is 426 g/mol. The highest BCUT2D eigenvalue weighted by Crippen LogP contribution is 2.26. The molecule has 0 N–H and O–H groups in total. The first-order valence-electron chi connectivity index (χ1n) is 10.7. The number of hydrogen-bond acceptors (Lipinski definition) is 5. The van der Waals surface area contributed by atoms with E-state index >= 15 is 0 Å². The zero-order valence-electron chi connectivity index (χ0n) is 18.1. The van der Waals surface area contributed by atoms with Gasteiger partial charge >= 0.3 is 0 Å². The number of nitrogens with zero attached hydrogens (tertiary/aromatic N) is 3. The lowest BCUT2D eigenvalue weighted by atomic mass is 9.96. The van der Waals surface area contributed by atoms with E-state index in [1.165, 1.54) is 4.31 Å². The Morgan fingerprint density at radius 3 is 2.47 bits per heavy atom. The van der Waals surface area contributed by atoms with Crippen molar-refractivity contribution in [3.05, 3.63) is 84.1 Å². The monoisotopic (exact) mass is 453 g/mol. The molecule has 1 saturated heterocycles. The molecule has 1 aliphatic heterocycles. The number of carbonyl (C=O) groups is 1. The van der Waals surface area contributed by atoms with Gasteiger partial charge in [-0.1, -0.05) is 23.8 Å². The molecule has 8 heteroatoms. The fourth-order valence-corrected chi connectivity index (χ4v) is 5.44. The summed E-state index contributed by atoms with van der Waals surface area (Å²) >= 11 is 0. The summed E-state index contributed by atoms with van der Waals surface area (Å²) in [5, 5.41) is 0. The SMILES string of the molecule is Cc1ccc(S(=O)(=O)N2CCC(C(=O)N(Cc3cccnc3)Cc3ccco3)CC2)cc1. The molecule has 168 valence electrons.